The zero-order valence-corrected chi connectivity index (χ0v) is 23.5. The van der Waals surface area contributed by atoms with Gasteiger partial charge in [0.05, 0.1) is 6.61 Å². The van der Waals surface area contributed by atoms with Crippen molar-refractivity contribution in [3.05, 3.63) is 102 Å². The number of amides is 2. The van der Waals surface area contributed by atoms with Gasteiger partial charge in [0.2, 0.25) is 18.1 Å². The number of thiocarbonyl (C=S) groups is 1. The number of benzene rings is 3. The molecular weight excluding hydrogens is 524 g/mol. The number of carbonyl (C=O) groups excluding carboxylic acids is 3. The van der Waals surface area contributed by atoms with Gasteiger partial charge in [-0.25, -0.2) is 9.13 Å². The largest absolute Gasteiger partial charge is 0.465 e. The van der Waals surface area contributed by atoms with Crippen LogP contribution in [0.5, 0.6) is 0 Å². The molecule has 5 rings (SSSR count). The highest BCUT2D eigenvalue weighted by atomic mass is 32.1. The molecule has 0 aliphatic carbocycles. The average molecular weight is 556 g/mol. The molecule has 0 N–H and O–H groups in total. The number of esters is 1. The molecule has 204 valence electrons. The molecule has 2 atom stereocenters. The van der Waals surface area contributed by atoms with Crippen LogP contribution < -0.4 is 4.57 Å². The molecule has 0 radical (unpaired) electrons. The van der Waals surface area contributed by atoms with Gasteiger partial charge in [0, 0.05) is 14.1 Å². The van der Waals surface area contributed by atoms with Crippen LogP contribution in [0.1, 0.15) is 30.0 Å². The number of carbonyl (C=O) groups is 3. The maximum atomic E-state index is 13.9. The average Bonchev–Trinajstić information content (AvgIpc) is 3.33. The second-order valence-corrected chi connectivity index (χ2v) is 10.2. The topological polar surface area (TPSA) is 75.7 Å². The van der Waals surface area contributed by atoms with Crippen LogP contribution in [0, 0.1) is 5.92 Å². The molecule has 40 heavy (non-hydrogen) atoms. The molecular formula is C31H31N4O4S+. The summed E-state index contributed by atoms with van der Waals surface area (Å²) in [5.41, 5.74) is 3.43. The van der Waals surface area contributed by atoms with E-state index in [0.717, 1.165) is 16.6 Å². The van der Waals surface area contributed by atoms with Crippen molar-refractivity contribution >= 4 is 46.1 Å². The Morgan fingerprint density at radius 3 is 2.10 bits per heavy atom. The third-order valence-corrected chi connectivity index (χ3v) is 7.95. The van der Waals surface area contributed by atoms with Gasteiger partial charge in [0.25, 0.3) is 0 Å². The summed E-state index contributed by atoms with van der Waals surface area (Å²) >= 11 is 5.38. The van der Waals surface area contributed by atoms with Gasteiger partial charge in [-0.2, -0.15) is 0 Å². The van der Waals surface area contributed by atoms with Crippen molar-refractivity contribution in [2.24, 2.45) is 5.92 Å². The summed E-state index contributed by atoms with van der Waals surface area (Å²) in [5.74, 6) is -3.61. The fourth-order valence-electron chi connectivity index (χ4n) is 5.45. The maximum absolute atomic E-state index is 13.9. The molecule has 0 bridgehead atoms. The van der Waals surface area contributed by atoms with E-state index < -0.39 is 35.7 Å². The third kappa shape index (κ3) is 4.88. The minimum absolute atomic E-state index is 0.119. The normalized spacial score (nSPS) is 15.9. The minimum atomic E-state index is -1.22. The maximum Gasteiger partial charge on any atom is 0.317 e. The van der Waals surface area contributed by atoms with Crippen LogP contribution in [0.15, 0.2) is 91.3 Å². The van der Waals surface area contributed by atoms with Crippen molar-refractivity contribution in [3.8, 4) is 0 Å². The molecule has 1 aliphatic rings. The quantitative estimate of drug-likeness (QED) is 0.144. The first kappa shape index (κ1) is 27.2. The molecule has 1 aliphatic heterocycles. The molecule has 0 spiro atoms. The summed E-state index contributed by atoms with van der Waals surface area (Å²) in [6.45, 7) is 2.46. The van der Waals surface area contributed by atoms with E-state index in [-0.39, 0.29) is 11.7 Å². The van der Waals surface area contributed by atoms with Gasteiger partial charge >= 0.3 is 5.97 Å². The fourth-order valence-corrected chi connectivity index (χ4v) is 5.63. The van der Waals surface area contributed by atoms with E-state index in [1.807, 2.05) is 95.8 Å². The SMILES string of the molecule is CCOC(=O)C(c1ccccc1)C(C1C(=O)N(C)C(=S)N(C)C1=O)n1c[n+](Cc2ccccc2)c2ccccc21. The number of hydrogen-bond acceptors (Lipinski definition) is 5. The molecule has 2 amide bonds. The van der Waals surface area contributed by atoms with Gasteiger partial charge in [-0.05, 0) is 42.4 Å². The summed E-state index contributed by atoms with van der Waals surface area (Å²) in [7, 11) is 3.12. The Morgan fingerprint density at radius 2 is 1.48 bits per heavy atom. The lowest BCUT2D eigenvalue weighted by Crippen LogP contribution is -2.59. The van der Waals surface area contributed by atoms with Crippen molar-refractivity contribution in [3.63, 3.8) is 0 Å². The summed E-state index contributed by atoms with van der Waals surface area (Å²) in [4.78, 5) is 44.1. The first-order valence-electron chi connectivity index (χ1n) is 13.2. The van der Waals surface area contributed by atoms with Gasteiger partial charge in [-0.1, -0.05) is 72.8 Å². The monoisotopic (exact) mass is 555 g/mol. The Hall–Kier alpha value is -4.37. The summed E-state index contributed by atoms with van der Waals surface area (Å²) in [5, 5.41) is 0.119. The minimum Gasteiger partial charge on any atom is -0.465 e. The Kier molecular flexibility index (Phi) is 7.75. The molecule has 9 heteroatoms. The predicted molar refractivity (Wildman–Crippen MR) is 154 cm³/mol. The van der Waals surface area contributed by atoms with E-state index in [4.69, 9.17) is 17.0 Å². The molecule has 1 aromatic heterocycles. The highest BCUT2D eigenvalue weighted by Crippen LogP contribution is 2.40. The van der Waals surface area contributed by atoms with E-state index >= 15 is 0 Å². The zero-order chi connectivity index (χ0) is 28.4. The van der Waals surface area contributed by atoms with Crippen LogP contribution in [0.3, 0.4) is 0 Å². The number of fused-ring (bicyclic) bond motifs is 1. The molecule has 2 unspecified atom stereocenters. The van der Waals surface area contributed by atoms with Gasteiger partial charge in [-0.3, -0.25) is 24.2 Å². The van der Waals surface area contributed by atoms with Crippen molar-refractivity contribution < 1.29 is 23.7 Å². The summed E-state index contributed by atoms with van der Waals surface area (Å²) in [6.07, 6.45) is 1.89. The van der Waals surface area contributed by atoms with Gasteiger partial charge in [0.1, 0.15) is 18.5 Å². The molecule has 3 aromatic carbocycles. The predicted octanol–water partition coefficient (Wildman–Crippen LogP) is 3.70. The van der Waals surface area contributed by atoms with Crippen molar-refractivity contribution in [1.29, 1.82) is 0 Å². The fraction of sp³-hybridized carbons (Fsp3) is 0.258. The van der Waals surface area contributed by atoms with E-state index in [9.17, 15) is 14.4 Å². The lowest BCUT2D eigenvalue weighted by atomic mass is 9.81. The van der Waals surface area contributed by atoms with Crippen molar-refractivity contribution in [2.45, 2.75) is 25.4 Å². The Morgan fingerprint density at radius 1 is 0.900 bits per heavy atom. The third-order valence-electron chi connectivity index (χ3n) is 7.40. The molecule has 8 nitrogen and oxygen atoms in total. The van der Waals surface area contributed by atoms with Crippen LogP contribution in [-0.4, -0.2) is 58.0 Å². The highest BCUT2D eigenvalue weighted by Gasteiger charge is 2.53. The Labute approximate surface area is 238 Å². The molecule has 2 heterocycles. The first-order chi connectivity index (χ1) is 19.3. The Bertz CT molecular complexity index is 1550. The number of imidazole rings is 1. The second-order valence-electron chi connectivity index (χ2n) is 9.81. The second kappa shape index (κ2) is 11.4. The van der Waals surface area contributed by atoms with E-state index in [1.54, 1.807) is 21.0 Å². The van der Waals surface area contributed by atoms with Crippen LogP contribution >= 0.6 is 12.2 Å². The van der Waals surface area contributed by atoms with E-state index in [0.29, 0.717) is 12.1 Å². The molecule has 1 saturated heterocycles. The molecule has 1 fully saturated rings. The number of aromatic nitrogens is 2. The highest BCUT2D eigenvalue weighted by molar-refractivity contribution is 7.80. The first-order valence-corrected chi connectivity index (χ1v) is 13.6. The van der Waals surface area contributed by atoms with Crippen molar-refractivity contribution in [2.75, 3.05) is 20.7 Å². The van der Waals surface area contributed by atoms with Gasteiger partial charge in [0.15, 0.2) is 22.1 Å². The number of rotatable bonds is 8. The molecule has 4 aromatic rings. The number of nitrogens with zero attached hydrogens (tertiary/aromatic N) is 4. The van der Waals surface area contributed by atoms with Crippen molar-refractivity contribution in [1.82, 2.24) is 14.4 Å². The Balaban J connectivity index is 1.77. The standard InChI is InChI=1S/C31H31N4O4S/c1-4-39-30(38)25(22-15-9-6-10-16-22)27(26-28(36)32(2)31(40)33(3)29(26)37)35-20-34(19-21-13-7-5-8-14-21)23-17-11-12-18-24(23)35/h5-18,20,25-27H,4,19H2,1-3H3/q+1. The number of hydrogen-bond donors (Lipinski definition) is 0. The van der Waals surface area contributed by atoms with Crippen LogP contribution in [0.2, 0.25) is 0 Å². The summed E-state index contributed by atoms with van der Waals surface area (Å²) < 4.78 is 9.54. The van der Waals surface area contributed by atoms with Crippen LogP contribution in [0.4, 0.5) is 0 Å². The van der Waals surface area contributed by atoms with E-state index in [1.165, 1.54) is 9.80 Å². The lowest BCUT2D eigenvalue weighted by molar-refractivity contribution is -0.663. The van der Waals surface area contributed by atoms with Crippen LogP contribution in [0.25, 0.3) is 11.0 Å². The lowest BCUT2D eigenvalue weighted by Gasteiger charge is -2.39. The van der Waals surface area contributed by atoms with Gasteiger partial charge in [-0.15, -0.1) is 0 Å². The van der Waals surface area contributed by atoms with E-state index in [2.05, 4.69) is 4.57 Å². The van der Waals surface area contributed by atoms with Gasteiger partial charge < -0.3 is 4.74 Å². The molecule has 0 saturated carbocycles. The smallest absolute Gasteiger partial charge is 0.317 e. The number of ether oxygens (including phenoxy) is 1. The zero-order valence-electron chi connectivity index (χ0n) is 22.6. The number of para-hydroxylation sites is 2. The summed E-state index contributed by atoms with van der Waals surface area (Å²) in [6, 6.07) is 26.0. The van der Waals surface area contributed by atoms with Crippen LogP contribution in [-0.2, 0) is 25.7 Å².